The van der Waals surface area contributed by atoms with E-state index in [2.05, 4.69) is 4.52 Å². The summed E-state index contributed by atoms with van der Waals surface area (Å²) in [5.41, 5.74) is -3.83. The predicted octanol–water partition coefficient (Wildman–Crippen LogP) is -0.934. The van der Waals surface area contributed by atoms with E-state index in [1.165, 1.54) is 0 Å². The number of ether oxygens (including phenoxy) is 1. The van der Waals surface area contributed by atoms with Gasteiger partial charge in [0.2, 0.25) is 0 Å². The van der Waals surface area contributed by atoms with Gasteiger partial charge in [-0.1, -0.05) is 0 Å². The molecule has 2 heterocycles. The van der Waals surface area contributed by atoms with E-state index >= 15 is 0 Å². The van der Waals surface area contributed by atoms with Gasteiger partial charge in [-0.25, -0.2) is 13.8 Å². The molecule has 1 saturated heterocycles. The fourth-order valence-electron chi connectivity index (χ4n) is 2.12. The van der Waals surface area contributed by atoms with Crippen molar-refractivity contribution >= 4 is 8.69 Å². The summed E-state index contributed by atoms with van der Waals surface area (Å²) in [6.07, 6.45) is -2.70. The quantitative estimate of drug-likeness (QED) is 0.610. The average Bonchev–Trinajstić information content (AvgIpc) is 2.58. The van der Waals surface area contributed by atoms with Gasteiger partial charge in [-0.15, -0.1) is 0 Å². The fraction of sp³-hybridized carbons (Fsp3) is 0.600. The van der Waals surface area contributed by atoms with E-state index in [0.29, 0.717) is 0 Å². The first-order chi connectivity index (χ1) is 9.72. The maximum atomic E-state index is 14.4. The highest BCUT2D eigenvalue weighted by Crippen LogP contribution is 2.44. The Bertz CT molecular complexity index is 659. The lowest BCUT2D eigenvalue weighted by Gasteiger charge is -2.27. The Labute approximate surface area is 118 Å². The minimum atomic E-state index is -2.87. The second-order valence-corrected chi connectivity index (χ2v) is 5.16. The van der Waals surface area contributed by atoms with Gasteiger partial charge in [0.05, 0.1) is 0 Å². The van der Waals surface area contributed by atoms with Crippen molar-refractivity contribution in [3.63, 3.8) is 0 Å². The van der Waals surface area contributed by atoms with Gasteiger partial charge < -0.3 is 14.9 Å². The number of aliphatic hydroxyl groups is 2. The van der Waals surface area contributed by atoms with Gasteiger partial charge >= 0.3 is 14.4 Å². The zero-order valence-electron chi connectivity index (χ0n) is 10.7. The van der Waals surface area contributed by atoms with E-state index in [1.807, 2.05) is 4.98 Å². The molecule has 3 N–H and O–H groups in total. The first-order valence-corrected chi connectivity index (χ1v) is 6.48. The number of nitrogens with zero attached hydrogens (tertiary/aromatic N) is 1. The molecule has 21 heavy (non-hydrogen) atoms. The molecule has 0 unspecified atom stereocenters. The predicted molar refractivity (Wildman–Crippen MR) is 65.5 cm³/mol. The topological polar surface area (TPSA) is 131 Å². The van der Waals surface area contributed by atoms with Gasteiger partial charge in [0.15, 0.2) is 6.23 Å². The molecule has 0 amide bonds. The zero-order valence-corrected chi connectivity index (χ0v) is 11.6. The summed E-state index contributed by atoms with van der Waals surface area (Å²) in [7, 11) is -0.837. The van der Waals surface area contributed by atoms with Gasteiger partial charge in [-0.2, -0.15) is 0 Å². The minimum Gasteiger partial charge on any atom is -0.384 e. The molecule has 0 spiro atoms. The third-order valence-corrected chi connectivity index (χ3v) is 3.42. The number of rotatable bonds is 4. The molecule has 0 bridgehead atoms. The smallest absolute Gasteiger partial charge is 0.330 e. The highest BCUT2D eigenvalue weighted by Gasteiger charge is 2.63. The van der Waals surface area contributed by atoms with Crippen LogP contribution < -0.4 is 11.2 Å². The van der Waals surface area contributed by atoms with Crippen LogP contribution in [0.2, 0.25) is 0 Å². The molecule has 1 fully saturated rings. The molecule has 2 rings (SSSR count). The van der Waals surface area contributed by atoms with Crippen LogP contribution in [-0.4, -0.2) is 43.9 Å². The van der Waals surface area contributed by atoms with E-state index in [0.717, 1.165) is 23.8 Å². The molecule has 4 atom stereocenters. The largest absolute Gasteiger partial charge is 0.384 e. The summed E-state index contributed by atoms with van der Waals surface area (Å²) in [5, 5.41) is 20.1. The van der Waals surface area contributed by atoms with Gasteiger partial charge in [0.1, 0.15) is 18.3 Å². The number of H-pyrrole nitrogens is 1. The second kappa shape index (κ2) is 5.39. The number of hydrogen-bond acceptors (Lipinski definition) is 7. The molecule has 11 heteroatoms. The Kier molecular flexibility index (Phi) is 4.09. The number of hydrogen-bond donors (Lipinski definition) is 3. The van der Waals surface area contributed by atoms with Crippen LogP contribution >= 0.6 is 8.69 Å². The first-order valence-electron chi connectivity index (χ1n) is 5.75. The molecule has 0 aromatic carbocycles. The number of aliphatic hydroxyl groups excluding tert-OH is 1. The molecule has 0 radical (unpaired) electrons. The first kappa shape index (κ1) is 15.9. The Morgan fingerprint density at radius 1 is 1.62 bits per heavy atom. The molecule has 0 saturated carbocycles. The lowest BCUT2D eigenvalue weighted by Crippen LogP contribution is -2.49. The number of aromatic nitrogens is 2. The second-order valence-electron chi connectivity index (χ2n) is 4.75. The van der Waals surface area contributed by atoms with Crippen LogP contribution in [0.4, 0.5) is 4.39 Å². The van der Waals surface area contributed by atoms with E-state index in [4.69, 9.17) is 4.74 Å². The number of halogens is 1. The van der Waals surface area contributed by atoms with Crippen LogP contribution in [0.1, 0.15) is 13.2 Å². The third kappa shape index (κ3) is 2.68. The molecule has 9 nitrogen and oxygen atoms in total. The molecule has 1 aliphatic heterocycles. The summed E-state index contributed by atoms with van der Waals surface area (Å²) >= 11 is 0. The van der Waals surface area contributed by atoms with E-state index in [1.54, 1.807) is 0 Å². The standard InChI is InChI=1S/C10H12FN2O7P/c1-9(17)6(15)10(11,4-19-21-18)20-7(9)13-3-2-5(14)12-8(13)16/h2-3,6-7,15,17H,4H2,1H3,(H,12,14,16)/t6-,7+,9+,10+/m0/s1. The van der Waals surface area contributed by atoms with E-state index in [-0.39, 0.29) is 0 Å². The summed E-state index contributed by atoms with van der Waals surface area (Å²) in [6.45, 7) is 0.125. The highest BCUT2D eigenvalue weighted by molar-refractivity contribution is 7.17. The summed E-state index contributed by atoms with van der Waals surface area (Å²) < 4.78 is 34.6. The van der Waals surface area contributed by atoms with Crippen molar-refractivity contribution in [2.24, 2.45) is 0 Å². The van der Waals surface area contributed by atoms with Gasteiger partial charge in [-0.3, -0.25) is 18.9 Å². The average molecular weight is 322 g/mol. The SMILES string of the molecule is C[C@]1(O)[C@H](n2ccc(=O)[nH]c2=O)O[C@](F)(COP=O)[C@H]1O. The minimum absolute atomic E-state index is 0.686. The van der Waals surface area contributed by atoms with Gasteiger partial charge in [0.25, 0.3) is 11.4 Å². The Morgan fingerprint density at radius 2 is 2.29 bits per heavy atom. The molecule has 1 aromatic heterocycles. The molecule has 0 aliphatic carbocycles. The molecule has 116 valence electrons. The fourth-order valence-corrected chi connectivity index (χ4v) is 2.35. The van der Waals surface area contributed by atoms with E-state index < -0.39 is 50.3 Å². The third-order valence-electron chi connectivity index (χ3n) is 3.19. The summed E-state index contributed by atoms with van der Waals surface area (Å²) in [5.74, 6) is -2.87. The van der Waals surface area contributed by atoms with E-state index in [9.17, 15) is 28.8 Å². The zero-order chi connectivity index (χ0) is 15.8. The molecular formula is C10H12FN2O7P. The number of alkyl halides is 1. The van der Waals surface area contributed by atoms with Crippen molar-refractivity contribution in [3.8, 4) is 0 Å². The Morgan fingerprint density at radius 3 is 2.86 bits per heavy atom. The van der Waals surface area contributed by atoms with Crippen LogP contribution in [0.5, 0.6) is 0 Å². The summed E-state index contributed by atoms with van der Waals surface area (Å²) in [6, 6.07) is 0.970. The van der Waals surface area contributed by atoms with Crippen LogP contribution in [-0.2, 0) is 13.8 Å². The highest BCUT2D eigenvalue weighted by atomic mass is 31.1. The molecule has 1 aliphatic rings. The van der Waals surface area contributed by atoms with Gasteiger partial charge in [-0.05, 0) is 6.92 Å². The monoisotopic (exact) mass is 322 g/mol. The summed E-state index contributed by atoms with van der Waals surface area (Å²) in [4.78, 5) is 24.6. The van der Waals surface area contributed by atoms with Crippen molar-refractivity contribution < 1.29 is 28.4 Å². The molecule has 1 aromatic rings. The Hall–Kier alpha value is -1.45. The van der Waals surface area contributed by atoms with Gasteiger partial charge in [0, 0.05) is 12.3 Å². The number of aromatic amines is 1. The maximum absolute atomic E-state index is 14.4. The Balaban J connectivity index is 2.43. The van der Waals surface area contributed by atoms with Crippen molar-refractivity contribution in [3.05, 3.63) is 33.1 Å². The van der Waals surface area contributed by atoms with Crippen molar-refractivity contribution in [1.82, 2.24) is 9.55 Å². The number of nitrogens with one attached hydrogen (secondary N) is 1. The maximum Gasteiger partial charge on any atom is 0.330 e. The molecular weight excluding hydrogens is 310 g/mol. The van der Waals surface area contributed by atoms with Crippen molar-refractivity contribution in [2.75, 3.05) is 6.61 Å². The van der Waals surface area contributed by atoms with Crippen LogP contribution in [0.15, 0.2) is 21.9 Å². The lowest BCUT2D eigenvalue weighted by atomic mass is 9.95. The normalized spacial score (nSPS) is 36.2. The van der Waals surface area contributed by atoms with Crippen molar-refractivity contribution in [2.45, 2.75) is 30.7 Å². The lowest BCUT2D eigenvalue weighted by molar-refractivity contribution is -0.202. The van der Waals surface area contributed by atoms with Crippen LogP contribution in [0.25, 0.3) is 0 Å². The van der Waals surface area contributed by atoms with Crippen LogP contribution in [0, 0.1) is 0 Å². The van der Waals surface area contributed by atoms with Crippen LogP contribution in [0.3, 0.4) is 0 Å². The van der Waals surface area contributed by atoms with Crippen molar-refractivity contribution in [1.29, 1.82) is 0 Å².